The van der Waals surface area contributed by atoms with Gasteiger partial charge in [0.15, 0.2) is 5.96 Å². The van der Waals surface area contributed by atoms with Crippen molar-refractivity contribution in [3.63, 3.8) is 0 Å². The Bertz CT molecular complexity index is 557. The Labute approximate surface area is 144 Å². The minimum atomic E-state index is 0.597. The lowest BCUT2D eigenvalue weighted by atomic mass is 9.86. The summed E-state index contributed by atoms with van der Waals surface area (Å²) in [5.41, 5.74) is 1.86. The third-order valence-corrected chi connectivity index (χ3v) is 6.58. The minimum Gasteiger partial charge on any atom is -0.356 e. The van der Waals surface area contributed by atoms with Crippen molar-refractivity contribution in [2.45, 2.75) is 58.8 Å². The average Bonchev–Trinajstić information content (AvgIpc) is 3.26. The van der Waals surface area contributed by atoms with Gasteiger partial charge in [0.05, 0.1) is 10.7 Å². The number of hydrogen-bond donors (Lipinski definition) is 1. The molecule has 5 heteroatoms. The van der Waals surface area contributed by atoms with E-state index in [1.165, 1.54) is 54.2 Å². The highest BCUT2D eigenvalue weighted by Crippen LogP contribution is 2.45. The number of aromatic nitrogens is 1. The van der Waals surface area contributed by atoms with Crippen LogP contribution in [0.1, 0.15) is 54.6 Å². The van der Waals surface area contributed by atoms with E-state index in [0.29, 0.717) is 5.41 Å². The lowest BCUT2D eigenvalue weighted by Gasteiger charge is -2.25. The van der Waals surface area contributed by atoms with Crippen molar-refractivity contribution < 1.29 is 0 Å². The molecule has 1 aromatic heterocycles. The Morgan fingerprint density at radius 1 is 1.35 bits per heavy atom. The maximum Gasteiger partial charge on any atom is 0.193 e. The summed E-state index contributed by atoms with van der Waals surface area (Å²) < 4.78 is 0. The van der Waals surface area contributed by atoms with Crippen molar-refractivity contribution in [2.24, 2.45) is 10.4 Å². The lowest BCUT2D eigenvalue weighted by molar-refractivity contribution is 0.309. The topological polar surface area (TPSA) is 40.5 Å². The Balaban J connectivity index is 1.50. The molecular weight excluding hydrogens is 304 g/mol. The largest absolute Gasteiger partial charge is 0.356 e. The molecule has 128 valence electrons. The highest BCUT2D eigenvalue weighted by molar-refractivity contribution is 7.11. The molecule has 1 aromatic rings. The fourth-order valence-electron chi connectivity index (χ4n) is 4.19. The van der Waals surface area contributed by atoms with E-state index in [1.54, 1.807) is 0 Å². The van der Waals surface area contributed by atoms with Crippen LogP contribution < -0.4 is 5.32 Å². The van der Waals surface area contributed by atoms with Gasteiger partial charge in [-0.05, 0) is 38.0 Å². The molecule has 0 bridgehead atoms. The second kappa shape index (κ2) is 7.20. The van der Waals surface area contributed by atoms with Gasteiger partial charge < -0.3 is 10.2 Å². The first-order chi connectivity index (χ1) is 11.2. The number of hydrogen-bond acceptors (Lipinski definition) is 3. The summed E-state index contributed by atoms with van der Waals surface area (Å²) in [5, 5.41) is 4.80. The molecule has 1 spiro atoms. The summed E-state index contributed by atoms with van der Waals surface area (Å²) in [4.78, 5) is 13.1. The summed E-state index contributed by atoms with van der Waals surface area (Å²) in [6, 6.07) is 0. The average molecular weight is 335 g/mol. The molecule has 0 amide bonds. The minimum absolute atomic E-state index is 0.597. The van der Waals surface area contributed by atoms with E-state index in [2.05, 4.69) is 29.1 Å². The van der Waals surface area contributed by atoms with Crippen molar-refractivity contribution >= 4 is 17.3 Å². The number of rotatable bonds is 4. The first-order valence-electron chi connectivity index (χ1n) is 9.06. The van der Waals surface area contributed by atoms with Crippen LogP contribution in [0.15, 0.2) is 4.99 Å². The smallest absolute Gasteiger partial charge is 0.193 e. The van der Waals surface area contributed by atoms with Gasteiger partial charge in [0.2, 0.25) is 0 Å². The van der Waals surface area contributed by atoms with Crippen LogP contribution in [0, 0.1) is 12.3 Å². The molecule has 2 heterocycles. The van der Waals surface area contributed by atoms with Gasteiger partial charge in [0, 0.05) is 38.0 Å². The van der Waals surface area contributed by atoms with Crippen molar-refractivity contribution in [3.8, 4) is 0 Å². The zero-order valence-corrected chi connectivity index (χ0v) is 15.6. The highest BCUT2D eigenvalue weighted by Gasteiger charge is 2.40. The van der Waals surface area contributed by atoms with Crippen molar-refractivity contribution in [1.29, 1.82) is 0 Å². The molecule has 1 saturated carbocycles. The molecule has 3 rings (SSSR count). The molecular formula is C18H30N4S. The van der Waals surface area contributed by atoms with Crippen molar-refractivity contribution in [1.82, 2.24) is 15.2 Å². The standard InChI is InChI=1S/C18H30N4S/c1-4-15-14(2)23-16(21-15)7-11-20-17(19-3)22-12-10-18(13-22)8-5-6-9-18/h4-13H2,1-3H3,(H,19,20). The molecule has 1 saturated heterocycles. The summed E-state index contributed by atoms with van der Waals surface area (Å²) >= 11 is 1.84. The maximum absolute atomic E-state index is 4.73. The lowest BCUT2D eigenvalue weighted by Crippen LogP contribution is -2.41. The van der Waals surface area contributed by atoms with Gasteiger partial charge in [-0.2, -0.15) is 0 Å². The second-order valence-electron chi connectivity index (χ2n) is 7.07. The van der Waals surface area contributed by atoms with Crippen molar-refractivity contribution in [2.75, 3.05) is 26.7 Å². The predicted molar refractivity (Wildman–Crippen MR) is 98.4 cm³/mol. The SMILES string of the molecule is CCc1nc(CCNC(=NC)N2CCC3(CCCC3)C2)sc1C. The second-order valence-corrected chi connectivity index (χ2v) is 8.35. The van der Waals surface area contributed by atoms with Crippen LogP contribution in [0.2, 0.25) is 0 Å². The third kappa shape index (κ3) is 3.70. The van der Waals surface area contributed by atoms with E-state index in [4.69, 9.17) is 4.98 Å². The molecule has 0 unspecified atom stereocenters. The highest BCUT2D eigenvalue weighted by atomic mass is 32.1. The Kier molecular flexibility index (Phi) is 5.24. The number of aliphatic imine (C=N–C) groups is 1. The van der Waals surface area contributed by atoms with Crippen LogP contribution in [0.3, 0.4) is 0 Å². The van der Waals surface area contributed by atoms with E-state index in [0.717, 1.165) is 31.9 Å². The van der Waals surface area contributed by atoms with Gasteiger partial charge in [-0.25, -0.2) is 4.98 Å². The first-order valence-corrected chi connectivity index (χ1v) is 9.88. The molecule has 0 radical (unpaired) electrons. The Morgan fingerprint density at radius 3 is 2.78 bits per heavy atom. The number of aryl methyl sites for hydroxylation is 2. The van der Waals surface area contributed by atoms with E-state index in [9.17, 15) is 0 Å². The van der Waals surface area contributed by atoms with E-state index >= 15 is 0 Å². The number of nitrogens with zero attached hydrogens (tertiary/aromatic N) is 3. The summed E-state index contributed by atoms with van der Waals surface area (Å²) in [5.74, 6) is 1.08. The molecule has 4 nitrogen and oxygen atoms in total. The maximum atomic E-state index is 4.73. The van der Waals surface area contributed by atoms with Crippen LogP contribution in [-0.4, -0.2) is 42.5 Å². The fourth-order valence-corrected chi connectivity index (χ4v) is 5.21. The quantitative estimate of drug-likeness (QED) is 0.678. The van der Waals surface area contributed by atoms with Gasteiger partial charge in [0.1, 0.15) is 0 Å². The van der Waals surface area contributed by atoms with E-state index in [1.807, 2.05) is 18.4 Å². The predicted octanol–water partition coefficient (Wildman–Crippen LogP) is 3.40. The van der Waals surface area contributed by atoms with Crippen LogP contribution in [0.4, 0.5) is 0 Å². The van der Waals surface area contributed by atoms with Crippen LogP contribution in [-0.2, 0) is 12.8 Å². The van der Waals surface area contributed by atoms with Crippen LogP contribution in [0.5, 0.6) is 0 Å². The summed E-state index contributed by atoms with van der Waals surface area (Å²) in [6.45, 7) is 7.64. The van der Waals surface area contributed by atoms with Crippen molar-refractivity contribution in [3.05, 3.63) is 15.6 Å². The zero-order chi connectivity index (χ0) is 16.3. The monoisotopic (exact) mass is 334 g/mol. The summed E-state index contributed by atoms with van der Waals surface area (Å²) in [6.07, 6.45) is 9.04. The van der Waals surface area contributed by atoms with Gasteiger partial charge in [0.25, 0.3) is 0 Å². The zero-order valence-electron chi connectivity index (χ0n) is 14.8. The molecule has 1 aliphatic carbocycles. The van der Waals surface area contributed by atoms with E-state index < -0.39 is 0 Å². The fraction of sp³-hybridized carbons (Fsp3) is 0.778. The van der Waals surface area contributed by atoms with Gasteiger partial charge in [-0.1, -0.05) is 19.8 Å². The normalized spacial score (nSPS) is 20.7. The van der Waals surface area contributed by atoms with Gasteiger partial charge in [-0.15, -0.1) is 11.3 Å². The number of nitrogens with one attached hydrogen (secondary N) is 1. The van der Waals surface area contributed by atoms with E-state index in [-0.39, 0.29) is 0 Å². The molecule has 1 N–H and O–H groups in total. The molecule has 0 aromatic carbocycles. The Morgan fingerprint density at radius 2 is 2.13 bits per heavy atom. The number of guanidine groups is 1. The molecule has 2 fully saturated rings. The van der Waals surface area contributed by atoms with Crippen LogP contribution >= 0.6 is 11.3 Å². The molecule has 2 aliphatic rings. The molecule has 1 aliphatic heterocycles. The molecule has 0 atom stereocenters. The van der Waals surface area contributed by atoms with Gasteiger partial charge >= 0.3 is 0 Å². The first kappa shape index (κ1) is 16.7. The number of thiazole rings is 1. The van der Waals surface area contributed by atoms with Gasteiger partial charge in [-0.3, -0.25) is 4.99 Å². The summed E-state index contributed by atoms with van der Waals surface area (Å²) in [7, 11) is 1.91. The third-order valence-electron chi connectivity index (χ3n) is 5.51. The molecule has 23 heavy (non-hydrogen) atoms. The Hall–Kier alpha value is -1.10. The van der Waals surface area contributed by atoms with Crippen LogP contribution in [0.25, 0.3) is 0 Å². The number of likely N-dealkylation sites (tertiary alicyclic amines) is 1.